The smallest absolute Gasteiger partial charge is 0.138 e. The van der Waals surface area contributed by atoms with Crippen LogP contribution in [0.25, 0.3) is 5.65 Å². The summed E-state index contributed by atoms with van der Waals surface area (Å²) in [5.74, 6) is 0. The number of piperidine rings is 1. The highest BCUT2D eigenvalue weighted by molar-refractivity contribution is 6.29. The van der Waals surface area contributed by atoms with Crippen molar-refractivity contribution in [2.45, 2.75) is 25.3 Å². The molecule has 0 amide bonds. The van der Waals surface area contributed by atoms with Gasteiger partial charge in [0.15, 0.2) is 0 Å². The molecule has 0 aromatic carbocycles. The molecule has 0 radical (unpaired) electrons. The van der Waals surface area contributed by atoms with E-state index < -0.39 is 0 Å². The summed E-state index contributed by atoms with van der Waals surface area (Å²) in [7, 11) is 2.18. The van der Waals surface area contributed by atoms with Crippen LogP contribution in [0.2, 0.25) is 5.15 Å². The van der Waals surface area contributed by atoms with Crippen LogP contribution in [0.3, 0.4) is 0 Å². The van der Waals surface area contributed by atoms with E-state index in [-0.39, 0.29) is 0 Å². The third-order valence-corrected chi connectivity index (χ3v) is 3.88. The molecule has 17 heavy (non-hydrogen) atoms. The number of hydrogen-bond donors (Lipinski definition) is 0. The molecule has 1 fully saturated rings. The first-order valence-corrected chi connectivity index (χ1v) is 6.47. The zero-order chi connectivity index (χ0) is 11.8. The van der Waals surface area contributed by atoms with E-state index >= 15 is 0 Å². The molecular weight excluding hydrogens is 234 g/mol. The first-order valence-electron chi connectivity index (χ1n) is 6.09. The van der Waals surface area contributed by atoms with Crippen molar-refractivity contribution in [1.29, 1.82) is 0 Å². The molecule has 3 rings (SSSR count). The van der Waals surface area contributed by atoms with Crippen LogP contribution >= 0.6 is 11.6 Å². The van der Waals surface area contributed by atoms with Crippen molar-refractivity contribution in [3.05, 3.63) is 35.2 Å². The second-order valence-corrected chi connectivity index (χ2v) is 5.12. The van der Waals surface area contributed by atoms with Crippen molar-refractivity contribution in [2.75, 3.05) is 13.6 Å². The molecule has 90 valence electrons. The van der Waals surface area contributed by atoms with Crippen LogP contribution < -0.4 is 0 Å². The molecule has 1 atom stereocenters. The average molecular weight is 250 g/mol. The third-order valence-electron chi connectivity index (χ3n) is 3.57. The van der Waals surface area contributed by atoms with E-state index in [1.165, 1.54) is 19.3 Å². The Labute approximate surface area is 106 Å². The third kappa shape index (κ3) is 1.94. The lowest BCUT2D eigenvalue weighted by Crippen LogP contribution is -2.29. The molecule has 4 heteroatoms. The van der Waals surface area contributed by atoms with Crippen LogP contribution in [0.15, 0.2) is 24.4 Å². The van der Waals surface area contributed by atoms with Gasteiger partial charge in [0, 0.05) is 6.20 Å². The van der Waals surface area contributed by atoms with Crippen molar-refractivity contribution < 1.29 is 0 Å². The highest BCUT2D eigenvalue weighted by atomic mass is 35.5. The molecule has 0 saturated carbocycles. The SMILES string of the molecule is CN1CCCCC1c1cn2c(Cl)cccc2n1. The van der Waals surface area contributed by atoms with Crippen molar-refractivity contribution in [2.24, 2.45) is 0 Å². The van der Waals surface area contributed by atoms with Crippen LogP contribution in [-0.4, -0.2) is 27.9 Å². The Balaban J connectivity index is 2.02. The second-order valence-electron chi connectivity index (χ2n) is 4.73. The van der Waals surface area contributed by atoms with Gasteiger partial charge in [-0.2, -0.15) is 0 Å². The van der Waals surface area contributed by atoms with E-state index in [0.717, 1.165) is 23.0 Å². The molecule has 0 spiro atoms. The number of likely N-dealkylation sites (tertiary alicyclic amines) is 1. The van der Waals surface area contributed by atoms with Gasteiger partial charge in [-0.3, -0.25) is 9.30 Å². The predicted molar refractivity (Wildman–Crippen MR) is 69.4 cm³/mol. The fraction of sp³-hybridized carbons (Fsp3) is 0.462. The van der Waals surface area contributed by atoms with Gasteiger partial charge in [-0.25, -0.2) is 4.98 Å². The maximum absolute atomic E-state index is 6.16. The zero-order valence-corrected chi connectivity index (χ0v) is 10.7. The fourth-order valence-corrected chi connectivity index (χ4v) is 2.81. The van der Waals surface area contributed by atoms with Gasteiger partial charge >= 0.3 is 0 Å². The zero-order valence-electron chi connectivity index (χ0n) is 9.93. The first kappa shape index (κ1) is 11.1. The van der Waals surface area contributed by atoms with Gasteiger partial charge in [0.05, 0.1) is 11.7 Å². The van der Waals surface area contributed by atoms with Crippen molar-refractivity contribution in [3.8, 4) is 0 Å². The Kier molecular flexibility index (Phi) is 2.81. The largest absolute Gasteiger partial charge is 0.298 e. The maximum Gasteiger partial charge on any atom is 0.138 e. The summed E-state index contributed by atoms with van der Waals surface area (Å²) in [6, 6.07) is 6.28. The fourth-order valence-electron chi connectivity index (χ4n) is 2.61. The van der Waals surface area contributed by atoms with Crippen LogP contribution in [-0.2, 0) is 0 Å². The van der Waals surface area contributed by atoms with Crippen molar-refractivity contribution in [3.63, 3.8) is 0 Å². The minimum Gasteiger partial charge on any atom is -0.298 e. The number of fused-ring (bicyclic) bond motifs is 1. The number of pyridine rings is 1. The summed E-state index contributed by atoms with van der Waals surface area (Å²) in [6.45, 7) is 1.16. The van der Waals surface area contributed by atoms with Gasteiger partial charge in [0.25, 0.3) is 0 Å². The molecule has 0 bridgehead atoms. The van der Waals surface area contributed by atoms with E-state index in [1.54, 1.807) is 0 Å². The van der Waals surface area contributed by atoms with Gasteiger partial charge in [0.1, 0.15) is 10.8 Å². The second kappa shape index (κ2) is 4.31. The molecular formula is C13H16ClN3. The van der Waals surface area contributed by atoms with Crippen LogP contribution in [0.5, 0.6) is 0 Å². The number of hydrogen-bond acceptors (Lipinski definition) is 2. The predicted octanol–water partition coefficient (Wildman–Crippen LogP) is 3.14. The van der Waals surface area contributed by atoms with E-state index in [9.17, 15) is 0 Å². The summed E-state index contributed by atoms with van der Waals surface area (Å²) < 4.78 is 1.96. The standard InChI is InChI=1S/C13H16ClN3/c1-16-8-3-2-5-11(16)10-9-17-12(14)6-4-7-13(17)15-10/h4,6-7,9,11H,2-3,5,8H2,1H3. The van der Waals surface area contributed by atoms with E-state index in [0.29, 0.717) is 6.04 Å². The monoisotopic (exact) mass is 249 g/mol. The molecule has 1 aliphatic rings. The maximum atomic E-state index is 6.16. The topological polar surface area (TPSA) is 20.5 Å². The number of rotatable bonds is 1. The normalized spacial score (nSPS) is 22.1. The van der Waals surface area contributed by atoms with Crippen LogP contribution in [0, 0.1) is 0 Å². The summed E-state index contributed by atoms with van der Waals surface area (Å²) in [5.41, 5.74) is 2.08. The Bertz CT molecular complexity index is 534. The minimum absolute atomic E-state index is 0.444. The molecule has 2 aromatic rings. The van der Waals surface area contributed by atoms with Crippen molar-refractivity contribution in [1.82, 2.24) is 14.3 Å². The molecule has 3 nitrogen and oxygen atoms in total. The minimum atomic E-state index is 0.444. The van der Waals surface area contributed by atoms with E-state index in [1.807, 2.05) is 22.6 Å². The Morgan fingerprint density at radius 3 is 3.00 bits per heavy atom. The van der Waals surface area contributed by atoms with Gasteiger partial charge < -0.3 is 0 Å². The highest BCUT2D eigenvalue weighted by Crippen LogP contribution is 2.29. The van der Waals surface area contributed by atoms with Gasteiger partial charge in [-0.15, -0.1) is 0 Å². The average Bonchev–Trinajstić information content (AvgIpc) is 2.75. The molecule has 1 saturated heterocycles. The number of aromatic nitrogens is 2. The van der Waals surface area contributed by atoms with Crippen LogP contribution in [0.1, 0.15) is 31.0 Å². The number of nitrogens with zero attached hydrogens (tertiary/aromatic N) is 3. The Hall–Kier alpha value is -1.06. The molecule has 0 aliphatic carbocycles. The van der Waals surface area contributed by atoms with Gasteiger partial charge in [-0.1, -0.05) is 24.1 Å². The summed E-state index contributed by atoms with van der Waals surface area (Å²) in [6.07, 6.45) is 5.85. The molecule has 1 aliphatic heterocycles. The highest BCUT2D eigenvalue weighted by Gasteiger charge is 2.23. The van der Waals surface area contributed by atoms with E-state index in [4.69, 9.17) is 11.6 Å². The van der Waals surface area contributed by atoms with E-state index in [2.05, 4.69) is 23.1 Å². The summed E-state index contributed by atoms with van der Waals surface area (Å²) in [5, 5.41) is 0.722. The molecule has 3 heterocycles. The first-order chi connectivity index (χ1) is 8.25. The lowest BCUT2D eigenvalue weighted by molar-refractivity contribution is 0.184. The molecule has 1 unspecified atom stereocenters. The van der Waals surface area contributed by atoms with Gasteiger partial charge in [-0.05, 0) is 38.6 Å². The lowest BCUT2D eigenvalue weighted by atomic mass is 10.0. The quantitative estimate of drug-likeness (QED) is 0.724. The van der Waals surface area contributed by atoms with Crippen molar-refractivity contribution >= 4 is 17.2 Å². The van der Waals surface area contributed by atoms with Crippen LogP contribution in [0.4, 0.5) is 0 Å². The summed E-state index contributed by atoms with van der Waals surface area (Å²) >= 11 is 6.16. The Morgan fingerprint density at radius 2 is 2.24 bits per heavy atom. The molecule has 2 aromatic heterocycles. The van der Waals surface area contributed by atoms with Gasteiger partial charge in [0.2, 0.25) is 0 Å². The number of imidazole rings is 1. The summed E-state index contributed by atoms with van der Waals surface area (Å²) in [4.78, 5) is 7.07. The Morgan fingerprint density at radius 1 is 1.35 bits per heavy atom. The lowest BCUT2D eigenvalue weighted by Gasteiger charge is -2.31. The number of halogens is 1. The molecule has 0 N–H and O–H groups in total.